The highest BCUT2D eigenvalue weighted by molar-refractivity contribution is 6.31. The maximum atomic E-state index is 12.9. The van der Waals surface area contributed by atoms with Gasteiger partial charge in [0.05, 0.1) is 18.1 Å². The van der Waals surface area contributed by atoms with E-state index in [-0.39, 0.29) is 83.5 Å². The second-order valence-electron chi connectivity index (χ2n) is 24.0. The number of benzene rings is 7. The molecular weight excluding hydrogens is 1200 g/mol. The van der Waals surface area contributed by atoms with E-state index in [4.69, 9.17) is 40.5 Å². The number of phenols is 3. The number of amides is 2. The molecule has 2 aliphatic rings. The van der Waals surface area contributed by atoms with Gasteiger partial charge in [0.25, 0.3) is 0 Å². The molecule has 2 aliphatic carbocycles. The Morgan fingerprint density at radius 1 is 0.461 bits per heavy atom. The number of ketones is 3. The molecule has 0 aliphatic heterocycles. The number of carbonyl (C=O) groups excluding carboxylic acids is 5. The van der Waals surface area contributed by atoms with Crippen molar-refractivity contribution in [3.05, 3.63) is 205 Å². The molecule has 0 unspecified atom stereocenters. The van der Waals surface area contributed by atoms with Gasteiger partial charge in [0.1, 0.15) is 23.0 Å². The summed E-state index contributed by atoms with van der Waals surface area (Å²) < 4.78 is 0. The summed E-state index contributed by atoms with van der Waals surface area (Å²) in [5, 5.41) is 37.8. The van der Waals surface area contributed by atoms with Gasteiger partial charge in [-0.25, -0.2) is 0 Å². The van der Waals surface area contributed by atoms with E-state index in [2.05, 4.69) is 108 Å². The van der Waals surface area contributed by atoms with Crippen molar-refractivity contribution < 1.29 is 39.3 Å². The van der Waals surface area contributed by atoms with Crippen molar-refractivity contribution >= 4 is 76.4 Å². The molecule has 0 aromatic heterocycles. The summed E-state index contributed by atoms with van der Waals surface area (Å²) in [6, 6.07) is 46.4. The van der Waals surface area contributed by atoms with Crippen LogP contribution in [0.2, 0.25) is 15.1 Å². The van der Waals surface area contributed by atoms with Crippen LogP contribution in [0.3, 0.4) is 0 Å². The summed E-state index contributed by atoms with van der Waals surface area (Å²) in [5.74, 6) is 1.16. The average molecular weight is 1290 g/mol. The van der Waals surface area contributed by atoms with Crippen LogP contribution in [0.15, 0.2) is 146 Å². The lowest BCUT2D eigenvalue weighted by molar-refractivity contribution is -0.129. The first kappa shape index (κ1) is 71.1. The summed E-state index contributed by atoms with van der Waals surface area (Å²) in [7, 11) is 0. The third kappa shape index (κ3) is 20.8. The van der Waals surface area contributed by atoms with Gasteiger partial charge in [-0.2, -0.15) is 0 Å². The molecular formula is C74H85Cl4N3O8. The van der Waals surface area contributed by atoms with Crippen LogP contribution in [0.4, 0.5) is 0 Å². The Kier molecular flexibility index (Phi) is 27.4. The molecule has 7 aromatic carbocycles. The minimum atomic E-state index is -0.558. The van der Waals surface area contributed by atoms with Crippen LogP contribution in [-0.4, -0.2) is 62.6 Å². The molecule has 0 radical (unpaired) electrons. The van der Waals surface area contributed by atoms with Crippen molar-refractivity contribution in [2.24, 2.45) is 29.4 Å². The third-order valence-electron chi connectivity index (χ3n) is 17.2. The fourth-order valence-corrected chi connectivity index (χ4v) is 12.9. The molecule has 472 valence electrons. The second kappa shape index (κ2) is 34.3. The summed E-state index contributed by atoms with van der Waals surface area (Å²) in [4.78, 5) is 62.6. The van der Waals surface area contributed by atoms with Crippen molar-refractivity contribution in [3.8, 4) is 39.5 Å². The molecule has 2 saturated carbocycles. The summed E-state index contributed by atoms with van der Waals surface area (Å²) in [6.07, 6.45) is 9.33. The first-order chi connectivity index (χ1) is 42.0. The molecule has 0 bridgehead atoms. The number of hydrogen-bond acceptors (Lipinski definition) is 9. The third-order valence-corrected chi connectivity index (χ3v) is 17.8. The number of halogens is 4. The fourth-order valence-electron chi connectivity index (χ4n) is 12.1. The topological polar surface area (TPSA) is 196 Å². The van der Waals surface area contributed by atoms with Crippen molar-refractivity contribution in [2.75, 3.05) is 0 Å². The number of hydrogen-bond donors (Lipinski definition) is 6. The molecule has 0 spiro atoms. The number of nitrogens with two attached hydrogens (primary N) is 1. The smallest absolute Gasteiger partial charge is 0.223 e. The molecule has 15 heteroatoms. The number of carbonyl (C=O) groups is 5. The molecule has 7 aromatic rings. The van der Waals surface area contributed by atoms with Gasteiger partial charge in [-0.15, -0.1) is 12.4 Å². The highest BCUT2D eigenvalue weighted by atomic mass is 35.5. The van der Waals surface area contributed by atoms with Crippen molar-refractivity contribution in [3.63, 3.8) is 0 Å². The lowest BCUT2D eigenvalue weighted by Crippen LogP contribution is -2.41. The zero-order valence-electron chi connectivity index (χ0n) is 51.8. The minimum Gasteiger partial charge on any atom is -0.507 e. The van der Waals surface area contributed by atoms with E-state index >= 15 is 0 Å². The van der Waals surface area contributed by atoms with Gasteiger partial charge in [0.15, 0.2) is 11.6 Å². The second-order valence-corrected chi connectivity index (χ2v) is 25.4. The van der Waals surface area contributed by atoms with E-state index in [1.807, 2.05) is 12.1 Å². The molecule has 9 rings (SSSR count). The van der Waals surface area contributed by atoms with Gasteiger partial charge in [0.2, 0.25) is 11.8 Å². The summed E-state index contributed by atoms with van der Waals surface area (Å²) >= 11 is 18.1. The van der Waals surface area contributed by atoms with E-state index in [1.54, 1.807) is 77.9 Å². The van der Waals surface area contributed by atoms with Crippen molar-refractivity contribution in [1.82, 2.24) is 10.6 Å². The Morgan fingerprint density at radius 2 is 0.775 bits per heavy atom. The van der Waals surface area contributed by atoms with Crippen molar-refractivity contribution in [2.45, 2.75) is 150 Å². The Hall–Kier alpha value is -6.99. The van der Waals surface area contributed by atoms with Crippen LogP contribution in [0.1, 0.15) is 123 Å². The quantitative estimate of drug-likeness (QED) is 0.0383. The normalized spacial score (nSPS) is 16.9. The predicted octanol–water partition coefficient (Wildman–Crippen LogP) is 16.0. The summed E-state index contributed by atoms with van der Waals surface area (Å²) in [5.41, 5.74) is 17.1. The van der Waals surface area contributed by atoms with Crippen LogP contribution >= 0.6 is 47.2 Å². The van der Waals surface area contributed by atoms with Crippen molar-refractivity contribution in [1.29, 1.82) is 0 Å². The van der Waals surface area contributed by atoms with Crippen LogP contribution in [0, 0.1) is 44.4 Å². The largest absolute Gasteiger partial charge is 0.507 e. The molecule has 0 heterocycles. The van der Waals surface area contributed by atoms with E-state index in [1.165, 1.54) is 33.4 Å². The number of Topliss-reactive ketones (excluding diaryl/α,β-unsaturated/α-hetero) is 3. The Bertz CT molecular complexity index is 3350. The standard InChI is InChI=1S/2C31H34ClNO3.C12H16ClNO2.ClH/c2*1-20-16-27(32)19-25(30(20)35)14-15-29(34)21(2)33-31(36)26-13-12-22(18-26)17-24-10-6-7-11-28(24)23-8-4-3-5-9-23;1-7-5-10(13)6-9(12(7)16)3-4-11(15)8(2)14;/h2*3-11,16,19,21-22,26,35H,12-15,17-18H2,1-2H3,(H,33,36);5-6,8,16H,3-4,14H2,1-2H3;1H/t2*21-,22-,26+;8-;/m000./s1. The minimum absolute atomic E-state index is 0. The first-order valence-corrected chi connectivity index (χ1v) is 31.8. The van der Waals surface area contributed by atoms with Gasteiger partial charge in [-0.05, 0) is 227 Å². The average Bonchev–Trinajstić information content (AvgIpc) is 4.38. The number of nitrogens with one attached hydrogen (secondary N) is 2. The van der Waals surface area contributed by atoms with Gasteiger partial charge >= 0.3 is 0 Å². The van der Waals surface area contributed by atoms with Gasteiger partial charge in [0, 0.05) is 46.2 Å². The highest BCUT2D eigenvalue weighted by Crippen LogP contribution is 2.38. The zero-order chi connectivity index (χ0) is 63.6. The van der Waals surface area contributed by atoms with E-state index < -0.39 is 18.1 Å². The molecule has 2 fully saturated rings. The maximum absolute atomic E-state index is 12.9. The zero-order valence-corrected chi connectivity index (χ0v) is 54.9. The Morgan fingerprint density at radius 3 is 1.11 bits per heavy atom. The maximum Gasteiger partial charge on any atom is 0.223 e. The number of rotatable bonds is 22. The predicted molar refractivity (Wildman–Crippen MR) is 362 cm³/mol. The van der Waals surface area contributed by atoms with E-state index in [9.17, 15) is 39.3 Å². The van der Waals surface area contributed by atoms with Crippen LogP contribution < -0.4 is 16.4 Å². The lowest BCUT2D eigenvalue weighted by Gasteiger charge is -2.17. The lowest BCUT2D eigenvalue weighted by atomic mass is 9.91. The SMILES string of the molecule is Cc1cc(Cl)cc(CCC(=O)[C@H](C)N)c1O.Cc1cc(Cl)cc(CCC(=O)[C@H](C)NC(=O)[C@@H]2CC[C@@H](Cc3ccccc3-c3ccccc3)C2)c1O.Cc1cc(Cl)cc(CCC(=O)[C@H](C)NC(=O)[C@@H]2CC[C@@H](Cc3ccccc3-c3ccccc3)C2)c1O.Cl. The van der Waals surface area contributed by atoms with E-state index in [0.717, 1.165) is 56.9 Å². The van der Waals surface area contributed by atoms with Gasteiger partial charge in [-0.3, -0.25) is 24.0 Å². The molecule has 7 atom stereocenters. The highest BCUT2D eigenvalue weighted by Gasteiger charge is 2.33. The van der Waals surface area contributed by atoms with Crippen LogP contribution in [0.25, 0.3) is 22.3 Å². The van der Waals surface area contributed by atoms with Crippen LogP contribution in [-0.2, 0) is 56.1 Å². The Labute approximate surface area is 546 Å². The van der Waals surface area contributed by atoms with Gasteiger partial charge < -0.3 is 31.7 Å². The molecule has 0 saturated heterocycles. The molecule has 11 nitrogen and oxygen atoms in total. The van der Waals surface area contributed by atoms with Crippen LogP contribution in [0.5, 0.6) is 17.2 Å². The molecule has 89 heavy (non-hydrogen) atoms. The Balaban J connectivity index is 0.000000227. The van der Waals surface area contributed by atoms with E-state index in [0.29, 0.717) is 80.4 Å². The molecule has 2 amide bonds. The molecule has 7 N–H and O–H groups in total. The summed E-state index contributed by atoms with van der Waals surface area (Å²) in [6.45, 7) is 10.5. The fraction of sp³-hybridized carbons (Fsp3) is 0.365. The number of aromatic hydroxyl groups is 3. The van der Waals surface area contributed by atoms with Gasteiger partial charge in [-0.1, -0.05) is 144 Å². The first-order valence-electron chi connectivity index (χ1n) is 30.7. The number of aryl methyl sites for hydroxylation is 6. The monoisotopic (exact) mass is 1280 g/mol. The number of phenolic OH excluding ortho intramolecular Hbond substituents is 3.